The molecular formula is C11H14ClFO2. The van der Waals surface area contributed by atoms with Gasteiger partial charge in [-0.3, -0.25) is 0 Å². The second-order valence-electron chi connectivity index (χ2n) is 3.42. The van der Waals surface area contributed by atoms with E-state index in [1.165, 1.54) is 12.1 Å². The largest absolute Gasteiger partial charge is 0.396 e. The highest BCUT2D eigenvalue weighted by molar-refractivity contribution is 6.31. The van der Waals surface area contributed by atoms with E-state index in [-0.39, 0.29) is 13.0 Å². The molecule has 0 saturated heterocycles. The van der Waals surface area contributed by atoms with Crippen molar-refractivity contribution in [1.29, 1.82) is 0 Å². The van der Waals surface area contributed by atoms with E-state index in [1.54, 1.807) is 6.07 Å². The monoisotopic (exact) mass is 232 g/mol. The molecule has 84 valence electrons. The third kappa shape index (κ3) is 3.78. The Hall–Kier alpha value is -0.640. The Morgan fingerprint density at radius 1 is 1.40 bits per heavy atom. The topological polar surface area (TPSA) is 40.5 Å². The van der Waals surface area contributed by atoms with Crippen molar-refractivity contribution in [2.75, 3.05) is 6.61 Å². The summed E-state index contributed by atoms with van der Waals surface area (Å²) in [5.41, 5.74) is 0.338. The summed E-state index contributed by atoms with van der Waals surface area (Å²) in [7, 11) is 0. The van der Waals surface area contributed by atoms with Crippen molar-refractivity contribution in [3.05, 3.63) is 34.6 Å². The zero-order valence-electron chi connectivity index (χ0n) is 8.29. The zero-order chi connectivity index (χ0) is 11.3. The second-order valence-corrected chi connectivity index (χ2v) is 3.83. The van der Waals surface area contributed by atoms with Crippen molar-refractivity contribution < 1.29 is 14.6 Å². The third-order valence-corrected chi connectivity index (χ3v) is 2.55. The summed E-state index contributed by atoms with van der Waals surface area (Å²) in [6.45, 7) is 0.0298. The van der Waals surface area contributed by atoms with E-state index >= 15 is 0 Å². The Morgan fingerprint density at radius 2 is 2.13 bits per heavy atom. The molecule has 0 fully saturated rings. The van der Waals surface area contributed by atoms with Crippen LogP contribution in [0.25, 0.3) is 0 Å². The van der Waals surface area contributed by atoms with Crippen LogP contribution in [-0.2, 0) is 6.42 Å². The van der Waals surface area contributed by atoms with Gasteiger partial charge in [-0.2, -0.15) is 0 Å². The smallest absolute Gasteiger partial charge is 0.127 e. The normalized spacial score (nSPS) is 12.8. The fourth-order valence-corrected chi connectivity index (χ4v) is 1.63. The molecule has 0 aromatic heterocycles. The van der Waals surface area contributed by atoms with Crippen LogP contribution < -0.4 is 0 Å². The molecule has 0 bridgehead atoms. The molecule has 1 aromatic rings. The van der Waals surface area contributed by atoms with Gasteiger partial charge >= 0.3 is 0 Å². The summed E-state index contributed by atoms with van der Waals surface area (Å²) >= 11 is 5.81. The minimum Gasteiger partial charge on any atom is -0.396 e. The van der Waals surface area contributed by atoms with Crippen LogP contribution in [0.5, 0.6) is 0 Å². The Morgan fingerprint density at radius 3 is 2.73 bits per heavy atom. The molecule has 1 aromatic carbocycles. The molecule has 2 N–H and O–H groups in total. The van der Waals surface area contributed by atoms with Crippen LogP contribution in [0.2, 0.25) is 5.02 Å². The maximum absolute atomic E-state index is 13.3. The molecule has 0 aliphatic heterocycles. The van der Waals surface area contributed by atoms with E-state index in [2.05, 4.69) is 0 Å². The van der Waals surface area contributed by atoms with Gasteiger partial charge in [-0.05, 0) is 25.0 Å². The molecule has 0 aliphatic carbocycles. The van der Waals surface area contributed by atoms with Crippen molar-refractivity contribution in [2.24, 2.45) is 0 Å². The molecule has 1 atom stereocenters. The number of aliphatic hydroxyl groups is 2. The number of halogens is 2. The number of benzene rings is 1. The lowest BCUT2D eigenvalue weighted by Gasteiger charge is -2.11. The Labute approximate surface area is 93.3 Å². The zero-order valence-corrected chi connectivity index (χ0v) is 9.04. The van der Waals surface area contributed by atoms with E-state index in [1.807, 2.05) is 0 Å². The summed E-state index contributed by atoms with van der Waals surface area (Å²) < 4.78 is 13.3. The summed E-state index contributed by atoms with van der Waals surface area (Å²) in [5.74, 6) is -0.398. The number of hydrogen-bond acceptors (Lipinski definition) is 2. The fourth-order valence-electron chi connectivity index (χ4n) is 1.39. The molecule has 0 spiro atoms. The molecule has 0 heterocycles. The molecule has 0 radical (unpaired) electrons. The highest BCUT2D eigenvalue weighted by Crippen LogP contribution is 2.21. The van der Waals surface area contributed by atoms with Crippen LogP contribution in [0.1, 0.15) is 18.4 Å². The predicted octanol–water partition coefficient (Wildman–Crippen LogP) is 2.16. The number of rotatable bonds is 5. The lowest BCUT2D eigenvalue weighted by molar-refractivity contribution is 0.149. The quantitative estimate of drug-likeness (QED) is 0.817. The van der Waals surface area contributed by atoms with Crippen molar-refractivity contribution >= 4 is 11.6 Å². The van der Waals surface area contributed by atoms with Crippen molar-refractivity contribution in [1.82, 2.24) is 0 Å². The van der Waals surface area contributed by atoms with E-state index in [9.17, 15) is 9.50 Å². The van der Waals surface area contributed by atoms with Gasteiger partial charge in [0.15, 0.2) is 0 Å². The Bertz CT molecular complexity index is 297. The first-order chi connectivity index (χ1) is 7.15. The standard InChI is InChI=1S/C11H14ClFO2/c12-10-4-1-5-11(13)9(10)7-8(15)3-2-6-14/h1,4-5,8,14-15H,2-3,6-7H2. The van der Waals surface area contributed by atoms with Crippen LogP contribution in [-0.4, -0.2) is 22.9 Å². The lowest BCUT2D eigenvalue weighted by Crippen LogP contribution is -2.12. The predicted molar refractivity (Wildman–Crippen MR) is 57.4 cm³/mol. The van der Waals surface area contributed by atoms with Gasteiger partial charge in [0.05, 0.1) is 6.10 Å². The highest BCUT2D eigenvalue weighted by atomic mass is 35.5. The minimum atomic E-state index is -0.661. The van der Waals surface area contributed by atoms with Gasteiger partial charge in [-0.25, -0.2) is 4.39 Å². The summed E-state index contributed by atoms with van der Waals surface area (Å²) in [5, 5.41) is 18.5. The fraction of sp³-hybridized carbons (Fsp3) is 0.455. The second kappa shape index (κ2) is 6.05. The Kier molecular flexibility index (Phi) is 5.02. The van der Waals surface area contributed by atoms with Crippen LogP contribution in [0.4, 0.5) is 4.39 Å². The van der Waals surface area contributed by atoms with Gasteiger partial charge in [-0.15, -0.1) is 0 Å². The molecule has 0 aliphatic rings. The Balaban J connectivity index is 2.63. The SMILES string of the molecule is OCCCC(O)Cc1c(F)cccc1Cl. The van der Waals surface area contributed by atoms with Crippen LogP contribution in [0.15, 0.2) is 18.2 Å². The molecular weight excluding hydrogens is 219 g/mol. The van der Waals surface area contributed by atoms with Crippen molar-refractivity contribution in [2.45, 2.75) is 25.4 Å². The van der Waals surface area contributed by atoms with Gasteiger partial charge in [-0.1, -0.05) is 17.7 Å². The van der Waals surface area contributed by atoms with Crippen molar-refractivity contribution in [3.8, 4) is 0 Å². The molecule has 1 unspecified atom stereocenters. The van der Waals surface area contributed by atoms with Gasteiger partial charge < -0.3 is 10.2 Å². The third-order valence-electron chi connectivity index (χ3n) is 2.20. The van der Waals surface area contributed by atoms with Gasteiger partial charge in [0.1, 0.15) is 5.82 Å². The van der Waals surface area contributed by atoms with E-state index in [0.717, 1.165) is 0 Å². The first-order valence-electron chi connectivity index (χ1n) is 4.87. The summed E-state index contributed by atoms with van der Waals surface area (Å²) in [4.78, 5) is 0. The minimum absolute atomic E-state index is 0.0298. The highest BCUT2D eigenvalue weighted by Gasteiger charge is 2.12. The summed E-state index contributed by atoms with van der Waals surface area (Å²) in [6.07, 6.45) is 0.478. The van der Waals surface area contributed by atoms with E-state index < -0.39 is 11.9 Å². The lowest BCUT2D eigenvalue weighted by atomic mass is 10.0. The molecule has 0 saturated carbocycles. The van der Waals surface area contributed by atoms with Gasteiger partial charge in [0.25, 0.3) is 0 Å². The average Bonchev–Trinajstić information content (AvgIpc) is 2.21. The van der Waals surface area contributed by atoms with Crippen LogP contribution in [0.3, 0.4) is 0 Å². The number of hydrogen-bond donors (Lipinski definition) is 2. The molecule has 1 rings (SSSR count). The van der Waals surface area contributed by atoms with E-state index in [0.29, 0.717) is 23.4 Å². The maximum Gasteiger partial charge on any atom is 0.127 e. The van der Waals surface area contributed by atoms with Crippen molar-refractivity contribution in [3.63, 3.8) is 0 Å². The van der Waals surface area contributed by atoms with Crippen LogP contribution in [0, 0.1) is 5.82 Å². The molecule has 2 nitrogen and oxygen atoms in total. The molecule has 0 amide bonds. The first-order valence-corrected chi connectivity index (χ1v) is 5.24. The average molecular weight is 233 g/mol. The molecule has 15 heavy (non-hydrogen) atoms. The van der Waals surface area contributed by atoms with E-state index in [4.69, 9.17) is 16.7 Å². The van der Waals surface area contributed by atoms with Gasteiger partial charge in [0.2, 0.25) is 0 Å². The maximum atomic E-state index is 13.3. The first kappa shape index (κ1) is 12.4. The number of aliphatic hydroxyl groups excluding tert-OH is 2. The van der Waals surface area contributed by atoms with Crippen LogP contribution >= 0.6 is 11.6 Å². The van der Waals surface area contributed by atoms with Gasteiger partial charge in [0, 0.05) is 23.6 Å². The summed E-state index contributed by atoms with van der Waals surface area (Å²) in [6, 6.07) is 4.44. The molecule has 4 heteroatoms.